The van der Waals surface area contributed by atoms with Crippen molar-refractivity contribution >= 4 is 38.8 Å². The van der Waals surface area contributed by atoms with Crippen LogP contribution in [0.2, 0.25) is 0 Å². The van der Waals surface area contributed by atoms with Crippen LogP contribution in [-0.4, -0.2) is 41.1 Å². The van der Waals surface area contributed by atoms with E-state index in [4.69, 9.17) is 10.5 Å². The first-order valence-corrected chi connectivity index (χ1v) is 10.8. The van der Waals surface area contributed by atoms with Crippen LogP contribution in [-0.2, 0) is 4.79 Å². The highest BCUT2D eigenvalue weighted by atomic mass is 79.9. The highest BCUT2D eigenvalue weighted by Gasteiger charge is 2.43. The van der Waals surface area contributed by atoms with Crippen LogP contribution in [0.3, 0.4) is 0 Å². The molecule has 0 saturated heterocycles. The van der Waals surface area contributed by atoms with Crippen molar-refractivity contribution in [3.8, 4) is 11.8 Å². The van der Waals surface area contributed by atoms with Gasteiger partial charge in [0.05, 0.1) is 24.4 Å². The molecule has 7 nitrogen and oxygen atoms in total. The van der Waals surface area contributed by atoms with Crippen LogP contribution < -0.4 is 10.5 Å². The number of allylic oxidation sites excluding steroid dienone is 2. The maximum Gasteiger partial charge on any atom is 0.254 e. The predicted molar refractivity (Wildman–Crippen MR) is 118 cm³/mol. The molecular formula is C20H22BrN5O2S. The van der Waals surface area contributed by atoms with Crippen molar-refractivity contribution in [1.82, 2.24) is 9.80 Å². The third-order valence-corrected chi connectivity index (χ3v) is 6.41. The molecule has 1 aromatic carbocycles. The van der Waals surface area contributed by atoms with Crippen LogP contribution >= 0.6 is 27.7 Å². The van der Waals surface area contributed by atoms with Crippen LogP contribution in [0.15, 0.2) is 49.7 Å². The van der Waals surface area contributed by atoms with Crippen molar-refractivity contribution in [2.75, 3.05) is 20.2 Å². The molecule has 9 heteroatoms. The molecule has 2 aliphatic heterocycles. The lowest BCUT2D eigenvalue weighted by Gasteiger charge is -2.37. The zero-order valence-corrected chi connectivity index (χ0v) is 19.1. The number of carbonyl (C=O) groups excluding carboxylic acids is 1. The Labute approximate surface area is 183 Å². The number of benzene rings is 1. The quantitative estimate of drug-likeness (QED) is 0.696. The number of rotatable bonds is 5. The van der Waals surface area contributed by atoms with Crippen molar-refractivity contribution in [3.05, 3.63) is 50.2 Å². The van der Waals surface area contributed by atoms with Crippen molar-refractivity contribution in [2.45, 2.75) is 26.8 Å². The summed E-state index contributed by atoms with van der Waals surface area (Å²) in [6, 6.07) is 7.20. The van der Waals surface area contributed by atoms with Crippen LogP contribution in [0, 0.1) is 11.3 Å². The number of thioether (sulfide) groups is 1. The number of amidine groups is 1. The SMILES string of the molecule is CCN(CC)C(=O)C1=C(C)N=C2SC(C#N)=C(N)N2[C@@H]1c1cc(Br)ccc1OC. The predicted octanol–water partition coefficient (Wildman–Crippen LogP) is 3.71. The second-order valence-electron chi connectivity index (χ2n) is 6.46. The lowest BCUT2D eigenvalue weighted by atomic mass is 9.92. The van der Waals surface area contributed by atoms with E-state index in [2.05, 4.69) is 27.0 Å². The van der Waals surface area contributed by atoms with E-state index in [1.54, 1.807) is 16.9 Å². The van der Waals surface area contributed by atoms with Gasteiger partial charge in [-0.3, -0.25) is 9.69 Å². The molecule has 152 valence electrons. The van der Waals surface area contributed by atoms with Gasteiger partial charge in [0.2, 0.25) is 0 Å². The second kappa shape index (κ2) is 8.51. The van der Waals surface area contributed by atoms with E-state index >= 15 is 0 Å². The van der Waals surface area contributed by atoms with Gasteiger partial charge in [0, 0.05) is 23.1 Å². The van der Waals surface area contributed by atoms with Crippen molar-refractivity contribution in [3.63, 3.8) is 0 Å². The number of nitrogens with two attached hydrogens (primary N) is 1. The number of ether oxygens (including phenoxy) is 1. The Morgan fingerprint density at radius 3 is 2.72 bits per heavy atom. The van der Waals surface area contributed by atoms with E-state index in [-0.39, 0.29) is 5.91 Å². The average Bonchev–Trinajstić information content (AvgIpc) is 3.02. The van der Waals surface area contributed by atoms with Crippen LogP contribution in [0.1, 0.15) is 32.4 Å². The van der Waals surface area contributed by atoms with Gasteiger partial charge in [-0.25, -0.2) is 4.99 Å². The highest BCUT2D eigenvalue weighted by molar-refractivity contribution is 9.10. The fraction of sp³-hybridized carbons (Fsp3) is 0.350. The molecule has 1 atom stereocenters. The number of aliphatic imine (C=N–C) groups is 1. The highest BCUT2D eigenvalue weighted by Crippen LogP contribution is 2.47. The smallest absolute Gasteiger partial charge is 0.254 e. The molecule has 0 aromatic heterocycles. The summed E-state index contributed by atoms with van der Waals surface area (Å²) in [4.78, 5) is 22.0. The molecular weight excluding hydrogens is 454 g/mol. The van der Waals surface area contributed by atoms with E-state index in [1.165, 1.54) is 11.8 Å². The van der Waals surface area contributed by atoms with Crippen LogP contribution in [0.25, 0.3) is 0 Å². The van der Waals surface area contributed by atoms with Gasteiger partial charge >= 0.3 is 0 Å². The molecule has 0 unspecified atom stereocenters. The molecule has 2 aliphatic rings. The third-order valence-electron chi connectivity index (χ3n) is 4.95. The first-order chi connectivity index (χ1) is 13.9. The number of likely N-dealkylation sites (N-methyl/N-ethyl adjacent to an activating group) is 1. The Morgan fingerprint density at radius 2 is 2.14 bits per heavy atom. The maximum atomic E-state index is 13.5. The first-order valence-electron chi connectivity index (χ1n) is 9.16. The van der Waals surface area contributed by atoms with E-state index in [0.717, 1.165) is 10.0 Å². The minimum atomic E-state index is -0.554. The molecule has 1 aromatic rings. The zero-order chi connectivity index (χ0) is 21.3. The van der Waals surface area contributed by atoms with E-state index in [9.17, 15) is 10.1 Å². The van der Waals surface area contributed by atoms with Gasteiger partial charge in [0.15, 0.2) is 5.17 Å². The number of nitrogens with zero attached hydrogens (tertiary/aromatic N) is 4. The summed E-state index contributed by atoms with van der Waals surface area (Å²) >= 11 is 4.73. The number of hydrogen-bond donors (Lipinski definition) is 1. The summed E-state index contributed by atoms with van der Waals surface area (Å²) in [7, 11) is 1.59. The van der Waals surface area contributed by atoms with Gasteiger partial charge in [-0.2, -0.15) is 5.26 Å². The fourth-order valence-electron chi connectivity index (χ4n) is 3.51. The number of carbonyl (C=O) groups is 1. The fourth-order valence-corrected chi connectivity index (χ4v) is 4.80. The Bertz CT molecular complexity index is 991. The summed E-state index contributed by atoms with van der Waals surface area (Å²) in [6.07, 6.45) is 0. The zero-order valence-electron chi connectivity index (χ0n) is 16.7. The lowest BCUT2D eigenvalue weighted by Crippen LogP contribution is -2.42. The Hall–Kier alpha value is -2.44. The number of methoxy groups -OCH3 is 1. The van der Waals surface area contributed by atoms with Crippen LogP contribution in [0.5, 0.6) is 5.75 Å². The topological polar surface area (TPSA) is 95.0 Å². The lowest BCUT2D eigenvalue weighted by molar-refractivity contribution is -0.127. The average molecular weight is 476 g/mol. The largest absolute Gasteiger partial charge is 0.496 e. The summed E-state index contributed by atoms with van der Waals surface area (Å²) < 4.78 is 6.45. The van der Waals surface area contributed by atoms with E-state index in [0.29, 0.717) is 46.0 Å². The Balaban J connectivity index is 2.28. The number of hydrogen-bond acceptors (Lipinski definition) is 7. The third kappa shape index (κ3) is 3.63. The summed E-state index contributed by atoms with van der Waals surface area (Å²) in [5.74, 6) is 0.812. The molecule has 2 N–H and O–H groups in total. The van der Waals surface area contributed by atoms with Gasteiger partial charge in [-0.1, -0.05) is 15.9 Å². The molecule has 3 rings (SSSR count). The maximum absolute atomic E-state index is 13.5. The standard InChI is InChI=1S/C20H22BrN5O2S/c1-5-25(6-2)19(27)16-11(3)24-20-26(18(23)15(10-22)29-20)17(16)13-9-12(21)7-8-14(13)28-4/h7-9,17H,5-6,23H2,1-4H3/t17-/m1/s1. The van der Waals surface area contributed by atoms with Gasteiger partial charge < -0.3 is 15.4 Å². The van der Waals surface area contributed by atoms with Crippen molar-refractivity contribution in [1.29, 1.82) is 5.26 Å². The summed E-state index contributed by atoms with van der Waals surface area (Å²) in [5, 5.41) is 10.1. The number of fused-ring (bicyclic) bond motifs is 1. The molecule has 0 aliphatic carbocycles. The Morgan fingerprint density at radius 1 is 1.45 bits per heavy atom. The molecule has 2 heterocycles. The molecule has 1 amide bonds. The normalized spacial score (nSPS) is 18.4. The number of nitriles is 1. The summed E-state index contributed by atoms with van der Waals surface area (Å²) in [5.41, 5.74) is 8.24. The monoisotopic (exact) mass is 475 g/mol. The first kappa shape index (κ1) is 21.3. The van der Waals surface area contributed by atoms with Gasteiger partial charge in [-0.15, -0.1) is 0 Å². The minimum Gasteiger partial charge on any atom is -0.496 e. The van der Waals surface area contributed by atoms with Crippen molar-refractivity contribution < 1.29 is 9.53 Å². The van der Waals surface area contributed by atoms with Gasteiger partial charge in [0.1, 0.15) is 22.5 Å². The summed E-state index contributed by atoms with van der Waals surface area (Å²) in [6.45, 7) is 6.86. The van der Waals surface area contributed by atoms with E-state index < -0.39 is 6.04 Å². The molecule has 0 saturated carbocycles. The molecule has 0 spiro atoms. The van der Waals surface area contributed by atoms with Crippen molar-refractivity contribution in [2.24, 2.45) is 10.7 Å². The van der Waals surface area contributed by atoms with E-state index in [1.807, 2.05) is 39.0 Å². The molecule has 29 heavy (non-hydrogen) atoms. The second-order valence-corrected chi connectivity index (χ2v) is 8.35. The number of amides is 1. The number of halogens is 1. The molecule has 0 bridgehead atoms. The minimum absolute atomic E-state index is 0.106. The molecule has 0 fully saturated rings. The van der Waals surface area contributed by atoms with Gasteiger partial charge in [0.25, 0.3) is 5.91 Å². The molecule has 0 radical (unpaired) electrons. The van der Waals surface area contributed by atoms with Crippen LogP contribution in [0.4, 0.5) is 0 Å². The van der Waals surface area contributed by atoms with Gasteiger partial charge in [-0.05, 0) is 50.7 Å². The Kier molecular flexibility index (Phi) is 6.24.